The van der Waals surface area contributed by atoms with E-state index in [-0.39, 0.29) is 18.5 Å². The van der Waals surface area contributed by atoms with Gasteiger partial charge >= 0.3 is 0 Å². The van der Waals surface area contributed by atoms with Crippen molar-refractivity contribution < 1.29 is 9.53 Å². The highest BCUT2D eigenvalue weighted by Gasteiger charge is 2.43. The van der Waals surface area contributed by atoms with E-state index in [4.69, 9.17) is 10.5 Å². The predicted molar refractivity (Wildman–Crippen MR) is 51.4 cm³/mol. The molecule has 0 heterocycles. The Bertz CT molecular complexity index is 195. The molecule has 1 saturated carbocycles. The first kappa shape index (κ1) is 10.7. The Morgan fingerprint density at radius 3 is 2.54 bits per heavy atom. The highest BCUT2D eigenvalue weighted by molar-refractivity contribution is 5.89. The minimum atomic E-state index is -0.658. The van der Waals surface area contributed by atoms with Gasteiger partial charge in [-0.3, -0.25) is 4.79 Å². The Balaban J connectivity index is 2.37. The van der Waals surface area contributed by atoms with Gasteiger partial charge in [-0.2, -0.15) is 0 Å². The molecule has 1 aliphatic carbocycles. The maximum Gasteiger partial charge on any atom is 0.178 e. The molecule has 1 aliphatic rings. The zero-order chi connectivity index (χ0) is 10.1. The molecule has 1 rings (SSSR count). The highest BCUT2D eigenvalue weighted by atomic mass is 16.5. The van der Waals surface area contributed by atoms with E-state index in [2.05, 4.69) is 0 Å². The van der Waals surface area contributed by atoms with Crippen molar-refractivity contribution in [3.63, 3.8) is 0 Å². The Kier molecular flexibility index (Phi) is 3.09. The third-order valence-electron chi connectivity index (χ3n) is 2.57. The van der Waals surface area contributed by atoms with Crippen LogP contribution >= 0.6 is 0 Å². The zero-order valence-electron chi connectivity index (χ0n) is 8.67. The fraction of sp³-hybridized carbons (Fsp3) is 0.900. The summed E-state index contributed by atoms with van der Waals surface area (Å²) in [6.07, 6.45) is 2.26. The summed E-state index contributed by atoms with van der Waals surface area (Å²) < 4.78 is 5.24. The predicted octanol–water partition coefficient (Wildman–Crippen LogP) is 1.11. The summed E-state index contributed by atoms with van der Waals surface area (Å²) in [7, 11) is 0. The molecule has 0 aromatic carbocycles. The van der Waals surface area contributed by atoms with Gasteiger partial charge in [0.05, 0.1) is 11.6 Å². The topological polar surface area (TPSA) is 52.3 Å². The molecule has 0 saturated heterocycles. The number of rotatable bonds is 5. The Morgan fingerprint density at radius 2 is 2.15 bits per heavy atom. The van der Waals surface area contributed by atoms with Gasteiger partial charge in [-0.1, -0.05) is 0 Å². The van der Waals surface area contributed by atoms with Crippen LogP contribution in [0.1, 0.15) is 33.6 Å². The van der Waals surface area contributed by atoms with Crippen LogP contribution in [0.3, 0.4) is 0 Å². The number of nitrogens with two attached hydrogens (primary N) is 1. The fourth-order valence-corrected chi connectivity index (χ4v) is 1.31. The molecule has 76 valence electrons. The SMILES string of the molecule is CC(C)OCC(=O)C(C)(N)C1CC1. The lowest BCUT2D eigenvalue weighted by molar-refractivity contribution is -0.130. The summed E-state index contributed by atoms with van der Waals surface area (Å²) in [5, 5.41) is 0. The molecule has 0 aliphatic heterocycles. The minimum absolute atomic E-state index is 0.0312. The van der Waals surface area contributed by atoms with Crippen LogP contribution in [0, 0.1) is 5.92 Å². The van der Waals surface area contributed by atoms with Gasteiger partial charge in [0.1, 0.15) is 6.61 Å². The molecule has 13 heavy (non-hydrogen) atoms. The van der Waals surface area contributed by atoms with Crippen LogP contribution in [0.4, 0.5) is 0 Å². The van der Waals surface area contributed by atoms with E-state index in [9.17, 15) is 4.79 Å². The summed E-state index contributed by atoms with van der Waals surface area (Å²) in [5.74, 6) is 0.416. The number of carbonyl (C=O) groups is 1. The van der Waals surface area contributed by atoms with E-state index in [1.54, 1.807) is 0 Å². The quantitative estimate of drug-likeness (QED) is 0.698. The van der Waals surface area contributed by atoms with Crippen LogP contribution in [0.15, 0.2) is 0 Å². The van der Waals surface area contributed by atoms with Gasteiger partial charge in [-0.05, 0) is 39.5 Å². The van der Waals surface area contributed by atoms with E-state index < -0.39 is 5.54 Å². The molecule has 3 nitrogen and oxygen atoms in total. The van der Waals surface area contributed by atoms with Crippen LogP contribution in [-0.4, -0.2) is 24.0 Å². The van der Waals surface area contributed by atoms with Crippen molar-refractivity contribution in [2.45, 2.75) is 45.3 Å². The van der Waals surface area contributed by atoms with E-state index in [1.807, 2.05) is 20.8 Å². The van der Waals surface area contributed by atoms with E-state index in [0.29, 0.717) is 5.92 Å². The number of carbonyl (C=O) groups excluding carboxylic acids is 1. The van der Waals surface area contributed by atoms with Crippen molar-refractivity contribution in [1.29, 1.82) is 0 Å². The van der Waals surface area contributed by atoms with Gasteiger partial charge in [-0.15, -0.1) is 0 Å². The second kappa shape index (κ2) is 3.76. The number of Topliss-reactive ketones (excluding diaryl/α,β-unsaturated/α-hetero) is 1. The monoisotopic (exact) mass is 185 g/mol. The number of ether oxygens (including phenoxy) is 1. The second-order valence-electron chi connectivity index (χ2n) is 4.34. The molecule has 0 bridgehead atoms. The largest absolute Gasteiger partial charge is 0.371 e. The molecule has 1 unspecified atom stereocenters. The molecule has 0 aromatic rings. The Morgan fingerprint density at radius 1 is 1.62 bits per heavy atom. The average molecular weight is 185 g/mol. The van der Waals surface area contributed by atoms with Gasteiger partial charge in [0, 0.05) is 0 Å². The van der Waals surface area contributed by atoms with E-state index >= 15 is 0 Å². The number of hydrogen-bond acceptors (Lipinski definition) is 3. The first-order chi connectivity index (χ1) is 5.94. The normalized spacial score (nSPS) is 21.6. The zero-order valence-corrected chi connectivity index (χ0v) is 8.67. The maximum absolute atomic E-state index is 11.6. The van der Waals surface area contributed by atoms with Crippen LogP contribution in [-0.2, 0) is 9.53 Å². The number of ketones is 1. The summed E-state index contributed by atoms with van der Waals surface area (Å²) in [4.78, 5) is 11.6. The lowest BCUT2D eigenvalue weighted by Crippen LogP contribution is -2.49. The third kappa shape index (κ3) is 2.78. The first-order valence-electron chi connectivity index (χ1n) is 4.88. The highest BCUT2D eigenvalue weighted by Crippen LogP contribution is 2.38. The standard InChI is InChI=1S/C10H19NO2/c1-7(2)13-6-9(12)10(3,11)8-4-5-8/h7-8H,4-6,11H2,1-3H3. The smallest absolute Gasteiger partial charge is 0.178 e. The molecule has 1 atom stereocenters. The Labute approximate surface area is 79.6 Å². The lowest BCUT2D eigenvalue weighted by atomic mass is 9.92. The molecule has 0 aromatic heterocycles. The molecule has 2 N–H and O–H groups in total. The molecule has 0 radical (unpaired) electrons. The van der Waals surface area contributed by atoms with Crippen LogP contribution < -0.4 is 5.73 Å². The van der Waals surface area contributed by atoms with E-state index in [1.165, 1.54) is 0 Å². The maximum atomic E-state index is 11.6. The second-order valence-corrected chi connectivity index (χ2v) is 4.34. The van der Waals surface area contributed by atoms with Crippen LogP contribution in [0.2, 0.25) is 0 Å². The summed E-state index contributed by atoms with van der Waals surface area (Å²) in [6.45, 7) is 5.80. The fourth-order valence-electron chi connectivity index (χ4n) is 1.31. The molecule has 0 spiro atoms. The van der Waals surface area contributed by atoms with E-state index in [0.717, 1.165) is 12.8 Å². The van der Waals surface area contributed by atoms with Crippen LogP contribution in [0.25, 0.3) is 0 Å². The lowest BCUT2D eigenvalue weighted by Gasteiger charge is -2.22. The molecular weight excluding hydrogens is 166 g/mol. The van der Waals surface area contributed by atoms with Crippen molar-refractivity contribution in [1.82, 2.24) is 0 Å². The molecule has 3 heteroatoms. The summed E-state index contributed by atoms with van der Waals surface area (Å²) in [5.41, 5.74) is 5.26. The van der Waals surface area contributed by atoms with Gasteiger partial charge < -0.3 is 10.5 Å². The average Bonchev–Trinajstić information content (AvgIpc) is 2.81. The van der Waals surface area contributed by atoms with Gasteiger partial charge in [0.25, 0.3) is 0 Å². The summed E-state index contributed by atoms with van der Waals surface area (Å²) in [6, 6.07) is 0. The molecular formula is C10H19NO2. The third-order valence-corrected chi connectivity index (χ3v) is 2.57. The van der Waals surface area contributed by atoms with Crippen molar-refractivity contribution >= 4 is 5.78 Å². The van der Waals surface area contributed by atoms with Gasteiger partial charge in [0.2, 0.25) is 0 Å². The molecule has 1 fully saturated rings. The van der Waals surface area contributed by atoms with Crippen molar-refractivity contribution in [3.8, 4) is 0 Å². The summed E-state index contributed by atoms with van der Waals surface area (Å²) >= 11 is 0. The van der Waals surface area contributed by atoms with Crippen molar-refractivity contribution in [2.24, 2.45) is 11.7 Å². The van der Waals surface area contributed by atoms with Crippen molar-refractivity contribution in [2.75, 3.05) is 6.61 Å². The number of hydrogen-bond donors (Lipinski definition) is 1. The minimum Gasteiger partial charge on any atom is -0.371 e. The Hall–Kier alpha value is -0.410. The van der Waals surface area contributed by atoms with Crippen molar-refractivity contribution in [3.05, 3.63) is 0 Å². The van der Waals surface area contributed by atoms with Gasteiger partial charge in [-0.25, -0.2) is 0 Å². The van der Waals surface area contributed by atoms with Crippen LogP contribution in [0.5, 0.6) is 0 Å². The van der Waals surface area contributed by atoms with Gasteiger partial charge in [0.15, 0.2) is 5.78 Å². The first-order valence-corrected chi connectivity index (χ1v) is 4.88. The molecule has 0 amide bonds.